The predicted molar refractivity (Wildman–Crippen MR) is 107 cm³/mol. The van der Waals surface area contributed by atoms with E-state index in [0.29, 0.717) is 24.9 Å². The second-order valence-corrected chi connectivity index (χ2v) is 7.97. The zero-order valence-electron chi connectivity index (χ0n) is 16.6. The lowest BCUT2D eigenvalue weighted by molar-refractivity contribution is 0.288. The van der Waals surface area contributed by atoms with Crippen molar-refractivity contribution >= 4 is 11.0 Å². The van der Waals surface area contributed by atoms with Crippen molar-refractivity contribution in [2.45, 2.75) is 46.3 Å². The van der Waals surface area contributed by atoms with E-state index >= 15 is 0 Å². The highest BCUT2D eigenvalue weighted by Crippen LogP contribution is 2.22. The van der Waals surface area contributed by atoms with E-state index in [0.717, 1.165) is 22.6 Å². The van der Waals surface area contributed by atoms with Gasteiger partial charge in [0.15, 0.2) is 5.82 Å². The number of rotatable bonds is 5. The van der Waals surface area contributed by atoms with Crippen molar-refractivity contribution in [3.05, 3.63) is 71.6 Å². The summed E-state index contributed by atoms with van der Waals surface area (Å²) in [6, 6.07) is 16.0. The Morgan fingerprint density at radius 1 is 1.00 bits per heavy atom. The average molecular weight is 376 g/mol. The first-order chi connectivity index (χ1) is 13.4. The highest BCUT2D eigenvalue weighted by atomic mass is 16.5. The Kier molecular flexibility index (Phi) is 4.63. The van der Waals surface area contributed by atoms with Crippen molar-refractivity contribution in [1.29, 1.82) is 0 Å². The highest BCUT2D eigenvalue weighted by Gasteiger charge is 2.22. The summed E-state index contributed by atoms with van der Waals surface area (Å²) in [5, 5.41) is 4.13. The van der Waals surface area contributed by atoms with Crippen molar-refractivity contribution in [2.24, 2.45) is 0 Å². The van der Waals surface area contributed by atoms with Gasteiger partial charge in [-0.1, -0.05) is 55.8 Å². The number of aromatic nitrogens is 4. The molecule has 6 heteroatoms. The van der Waals surface area contributed by atoms with Crippen molar-refractivity contribution in [2.75, 3.05) is 0 Å². The van der Waals surface area contributed by atoms with Gasteiger partial charge < -0.3 is 13.8 Å². The molecule has 4 rings (SSSR count). The van der Waals surface area contributed by atoms with Gasteiger partial charge in [-0.15, -0.1) is 0 Å². The first-order valence-corrected chi connectivity index (χ1v) is 9.37. The van der Waals surface area contributed by atoms with Gasteiger partial charge >= 0.3 is 0 Å². The van der Waals surface area contributed by atoms with E-state index in [1.807, 2.05) is 48.5 Å². The van der Waals surface area contributed by atoms with Gasteiger partial charge in [0.05, 0.1) is 11.0 Å². The highest BCUT2D eigenvalue weighted by molar-refractivity contribution is 5.75. The van der Waals surface area contributed by atoms with E-state index in [1.165, 1.54) is 5.56 Å². The maximum absolute atomic E-state index is 5.96. The minimum absolute atomic E-state index is 0.157. The van der Waals surface area contributed by atoms with Gasteiger partial charge in [-0.2, -0.15) is 4.98 Å². The van der Waals surface area contributed by atoms with E-state index in [4.69, 9.17) is 14.2 Å². The Hall–Kier alpha value is -3.15. The molecule has 6 nitrogen and oxygen atoms in total. The number of hydrogen-bond donors (Lipinski definition) is 0. The standard InChI is InChI=1S/C22H24N4O2/c1-15-9-11-16(12-10-15)27-14-19-23-17-7-5-6-8-18(17)26(19)13-20-24-21(25-28-20)22(2,3)4/h5-12H,13-14H2,1-4H3. The minimum atomic E-state index is -0.157. The Morgan fingerprint density at radius 2 is 1.75 bits per heavy atom. The van der Waals surface area contributed by atoms with Crippen LogP contribution in [0.1, 0.15) is 43.9 Å². The molecule has 0 N–H and O–H groups in total. The fourth-order valence-corrected chi connectivity index (χ4v) is 2.95. The van der Waals surface area contributed by atoms with Crippen LogP contribution in [0.3, 0.4) is 0 Å². The summed E-state index contributed by atoms with van der Waals surface area (Å²) in [6.45, 7) is 9.06. The third-order valence-corrected chi connectivity index (χ3v) is 4.55. The molecule has 0 aliphatic heterocycles. The molecule has 2 aromatic carbocycles. The van der Waals surface area contributed by atoms with E-state index in [9.17, 15) is 0 Å². The third kappa shape index (κ3) is 3.76. The summed E-state index contributed by atoms with van der Waals surface area (Å²) >= 11 is 0. The number of para-hydroxylation sites is 2. The minimum Gasteiger partial charge on any atom is -0.486 e. The van der Waals surface area contributed by atoms with Crippen LogP contribution in [0.15, 0.2) is 53.1 Å². The molecule has 0 amide bonds. The Bertz CT molecular complexity index is 1090. The van der Waals surface area contributed by atoms with Gasteiger partial charge in [0.25, 0.3) is 0 Å². The summed E-state index contributed by atoms with van der Waals surface area (Å²) in [5.41, 5.74) is 2.97. The molecule has 2 heterocycles. The summed E-state index contributed by atoms with van der Waals surface area (Å²) < 4.78 is 13.5. The maximum atomic E-state index is 5.96. The first-order valence-electron chi connectivity index (χ1n) is 9.37. The molecule has 28 heavy (non-hydrogen) atoms. The topological polar surface area (TPSA) is 66.0 Å². The van der Waals surface area contributed by atoms with Crippen LogP contribution in [0.25, 0.3) is 11.0 Å². The number of fused-ring (bicyclic) bond motifs is 1. The predicted octanol–water partition coefficient (Wildman–Crippen LogP) is 4.65. The summed E-state index contributed by atoms with van der Waals surface area (Å²) in [7, 11) is 0. The van der Waals surface area contributed by atoms with Gasteiger partial charge in [-0.05, 0) is 31.2 Å². The number of hydrogen-bond acceptors (Lipinski definition) is 5. The third-order valence-electron chi connectivity index (χ3n) is 4.55. The Labute approximate surface area is 164 Å². The molecular formula is C22H24N4O2. The molecule has 0 radical (unpaired) electrons. The molecule has 0 aliphatic carbocycles. The smallest absolute Gasteiger partial charge is 0.246 e. The fourth-order valence-electron chi connectivity index (χ4n) is 2.95. The number of imidazole rings is 1. The van der Waals surface area contributed by atoms with Gasteiger partial charge in [0, 0.05) is 5.41 Å². The van der Waals surface area contributed by atoms with Crippen molar-refractivity contribution in [3.8, 4) is 5.75 Å². The lowest BCUT2D eigenvalue weighted by atomic mass is 9.96. The molecule has 0 atom stereocenters. The van der Waals surface area contributed by atoms with Crippen molar-refractivity contribution in [3.63, 3.8) is 0 Å². The molecular weight excluding hydrogens is 352 g/mol. The van der Waals surface area contributed by atoms with Crippen LogP contribution in [-0.4, -0.2) is 19.7 Å². The number of nitrogens with zero attached hydrogens (tertiary/aromatic N) is 4. The van der Waals surface area contributed by atoms with Crippen molar-refractivity contribution < 1.29 is 9.26 Å². The quantitative estimate of drug-likeness (QED) is 0.507. The molecule has 0 aliphatic rings. The number of aryl methyl sites for hydroxylation is 1. The van der Waals surface area contributed by atoms with Crippen molar-refractivity contribution in [1.82, 2.24) is 19.7 Å². The van der Waals surface area contributed by atoms with Crippen LogP contribution in [0.4, 0.5) is 0 Å². The molecule has 144 valence electrons. The van der Waals surface area contributed by atoms with Crippen LogP contribution < -0.4 is 4.74 Å². The van der Waals surface area contributed by atoms with Crippen LogP contribution in [0.2, 0.25) is 0 Å². The monoisotopic (exact) mass is 376 g/mol. The van der Waals surface area contributed by atoms with Crippen LogP contribution in [-0.2, 0) is 18.6 Å². The number of ether oxygens (including phenoxy) is 1. The van der Waals surface area contributed by atoms with E-state index in [-0.39, 0.29) is 5.41 Å². The second-order valence-electron chi connectivity index (χ2n) is 7.97. The zero-order valence-corrected chi connectivity index (χ0v) is 16.6. The molecule has 2 aromatic heterocycles. The first kappa shape index (κ1) is 18.2. The molecule has 0 saturated heterocycles. The van der Waals surface area contributed by atoms with Gasteiger partial charge in [-0.3, -0.25) is 0 Å². The number of benzene rings is 2. The van der Waals surface area contributed by atoms with Gasteiger partial charge in [-0.25, -0.2) is 4.98 Å². The lowest BCUT2D eigenvalue weighted by Crippen LogP contribution is -2.14. The largest absolute Gasteiger partial charge is 0.486 e. The van der Waals surface area contributed by atoms with Crippen LogP contribution in [0.5, 0.6) is 5.75 Å². The zero-order chi connectivity index (χ0) is 19.7. The molecule has 0 fully saturated rings. The van der Waals surface area contributed by atoms with Crippen LogP contribution in [0, 0.1) is 6.92 Å². The molecule has 0 bridgehead atoms. The SMILES string of the molecule is Cc1ccc(OCc2nc3ccccc3n2Cc2nc(C(C)(C)C)no2)cc1. The molecule has 0 unspecified atom stereocenters. The van der Waals surface area contributed by atoms with E-state index in [1.54, 1.807) is 0 Å². The van der Waals surface area contributed by atoms with Gasteiger partial charge in [0.1, 0.15) is 24.7 Å². The Balaban J connectivity index is 1.63. The summed E-state index contributed by atoms with van der Waals surface area (Å²) in [6.07, 6.45) is 0. The van der Waals surface area contributed by atoms with E-state index in [2.05, 4.69) is 42.4 Å². The maximum Gasteiger partial charge on any atom is 0.246 e. The summed E-state index contributed by atoms with van der Waals surface area (Å²) in [5.74, 6) is 2.89. The normalized spacial score (nSPS) is 11.9. The second kappa shape index (κ2) is 7.11. The molecule has 0 spiro atoms. The lowest BCUT2D eigenvalue weighted by Gasteiger charge is -2.11. The van der Waals surface area contributed by atoms with E-state index < -0.39 is 0 Å². The average Bonchev–Trinajstić information content (AvgIpc) is 3.27. The van der Waals surface area contributed by atoms with Gasteiger partial charge in [0.2, 0.25) is 5.89 Å². The fraction of sp³-hybridized carbons (Fsp3) is 0.318. The Morgan fingerprint density at radius 3 is 2.46 bits per heavy atom. The molecule has 0 saturated carbocycles. The molecule has 4 aromatic rings. The summed E-state index contributed by atoms with van der Waals surface area (Å²) in [4.78, 5) is 9.31. The van der Waals surface area contributed by atoms with Crippen LogP contribution >= 0.6 is 0 Å².